The molecule has 2 unspecified atom stereocenters. The molecule has 11 heteroatoms. The molecule has 25 heavy (non-hydrogen) atoms. The van der Waals surface area contributed by atoms with Crippen LogP contribution in [-0.4, -0.2) is 35.2 Å². The summed E-state index contributed by atoms with van der Waals surface area (Å²) >= 11 is 1.27. The fraction of sp³-hybridized carbons (Fsp3) is 0.500. The third-order valence-corrected chi connectivity index (χ3v) is 4.82. The molecule has 0 bridgehead atoms. The molecule has 1 rings (SSSR count). The fourth-order valence-corrected chi connectivity index (χ4v) is 3.74. The highest BCUT2D eigenvalue weighted by atomic mass is 32.2. The predicted molar refractivity (Wildman–Crippen MR) is 94.6 cm³/mol. The Morgan fingerprint density at radius 2 is 1.92 bits per heavy atom. The zero-order chi connectivity index (χ0) is 19.0. The number of carbonyl (C=O) groups is 1. The predicted octanol–water partition coefficient (Wildman–Crippen LogP) is 3.35. The Bertz CT molecular complexity index is 639. The van der Waals surface area contributed by atoms with E-state index in [1.807, 2.05) is 0 Å². The van der Waals surface area contributed by atoms with Crippen LogP contribution in [0, 0.1) is 10.1 Å². The first-order chi connectivity index (χ1) is 11.7. The summed E-state index contributed by atoms with van der Waals surface area (Å²) in [6, 6.07) is 4.08. The number of hydrogen-bond donors (Lipinski definition) is 1. The molecular formula is C14H21N2O7PS. The summed E-state index contributed by atoms with van der Waals surface area (Å²) in [5.74, 6) is -0.439. The van der Waals surface area contributed by atoms with Gasteiger partial charge >= 0.3 is 13.7 Å². The van der Waals surface area contributed by atoms with Gasteiger partial charge in [0.05, 0.1) is 11.0 Å². The van der Waals surface area contributed by atoms with Gasteiger partial charge in [0.2, 0.25) is 0 Å². The van der Waals surface area contributed by atoms with Crippen molar-refractivity contribution in [2.24, 2.45) is 0 Å². The number of nitrogens with zero attached hydrogens (tertiary/aromatic N) is 1. The van der Waals surface area contributed by atoms with E-state index in [-0.39, 0.29) is 23.5 Å². The topological polar surface area (TPSA) is 117 Å². The van der Waals surface area contributed by atoms with Crippen molar-refractivity contribution in [1.82, 2.24) is 5.09 Å². The van der Waals surface area contributed by atoms with E-state index in [1.54, 1.807) is 20.1 Å². The Kier molecular flexibility index (Phi) is 8.37. The van der Waals surface area contributed by atoms with Crippen molar-refractivity contribution in [3.63, 3.8) is 0 Å². The summed E-state index contributed by atoms with van der Waals surface area (Å²) in [7, 11) is -3.89. The summed E-state index contributed by atoms with van der Waals surface area (Å²) in [5.41, 5.74) is -0.131. The highest BCUT2D eigenvalue weighted by Gasteiger charge is 2.32. The normalized spacial score (nSPS) is 14.6. The monoisotopic (exact) mass is 392 g/mol. The molecule has 0 aromatic heterocycles. The Labute approximate surface area is 150 Å². The van der Waals surface area contributed by atoms with E-state index in [9.17, 15) is 19.5 Å². The lowest BCUT2D eigenvalue weighted by Gasteiger charge is -2.23. The maximum Gasteiger partial charge on any atom is 0.460 e. The minimum absolute atomic E-state index is 0.0587. The van der Waals surface area contributed by atoms with Crippen LogP contribution < -0.4 is 9.61 Å². The molecule has 0 fully saturated rings. The van der Waals surface area contributed by atoms with E-state index in [1.165, 1.54) is 43.0 Å². The van der Waals surface area contributed by atoms with Gasteiger partial charge in [-0.1, -0.05) is 0 Å². The number of ether oxygens (including phenoxy) is 1. The molecule has 9 nitrogen and oxygen atoms in total. The lowest BCUT2D eigenvalue weighted by molar-refractivity contribution is -0.384. The molecule has 0 saturated carbocycles. The highest BCUT2D eigenvalue weighted by molar-refractivity contribution is 7.98. The summed E-state index contributed by atoms with van der Waals surface area (Å²) < 4.78 is 28.5. The zero-order valence-corrected chi connectivity index (χ0v) is 16.0. The second kappa shape index (κ2) is 9.76. The van der Waals surface area contributed by atoms with Crippen LogP contribution in [-0.2, 0) is 18.6 Å². The van der Waals surface area contributed by atoms with E-state index in [0.717, 1.165) is 0 Å². The minimum atomic E-state index is -3.89. The maximum atomic E-state index is 12.9. The number of rotatable bonds is 10. The average Bonchev–Trinajstić information content (AvgIpc) is 2.52. The summed E-state index contributed by atoms with van der Waals surface area (Å²) in [4.78, 5) is 22.0. The first-order valence-corrected chi connectivity index (χ1v) is 10.3. The van der Waals surface area contributed by atoms with Crippen molar-refractivity contribution >= 4 is 31.2 Å². The Balaban J connectivity index is 2.88. The number of nitro benzene ring substituents is 1. The van der Waals surface area contributed by atoms with Gasteiger partial charge in [-0.3, -0.25) is 19.4 Å². The minimum Gasteiger partial charge on any atom is -0.462 e. The van der Waals surface area contributed by atoms with E-state index >= 15 is 0 Å². The van der Waals surface area contributed by atoms with Crippen LogP contribution in [0.4, 0.5) is 5.69 Å². The van der Waals surface area contributed by atoms with Crippen LogP contribution >= 0.6 is 19.5 Å². The zero-order valence-electron chi connectivity index (χ0n) is 14.3. The average molecular weight is 392 g/mol. The molecule has 0 amide bonds. The molecule has 1 aromatic rings. The highest BCUT2D eigenvalue weighted by Crippen LogP contribution is 2.45. The molecular weight excluding hydrogens is 371 g/mol. The van der Waals surface area contributed by atoms with Gasteiger partial charge < -0.3 is 9.26 Å². The summed E-state index contributed by atoms with van der Waals surface area (Å²) in [6.07, 6.45) is 1.42. The molecule has 1 aromatic carbocycles. The van der Waals surface area contributed by atoms with Crippen molar-refractivity contribution in [2.75, 3.05) is 12.2 Å². The molecule has 140 valence electrons. The van der Waals surface area contributed by atoms with Gasteiger partial charge in [0, 0.05) is 12.1 Å². The smallest absolute Gasteiger partial charge is 0.460 e. The van der Waals surface area contributed by atoms with Crippen molar-refractivity contribution in [3.05, 3.63) is 34.4 Å². The number of carbonyl (C=O) groups excluding carboxylic acids is 1. The van der Waals surface area contributed by atoms with Gasteiger partial charge in [0.15, 0.2) is 0 Å². The number of hydrogen-bond acceptors (Lipinski definition) is 8. The number of non-ortho nitro benzene ring substituents is 1. The number of thioether (sulfide) groups is 1. The molecule has 2 atom stereocenters. The maximum absolute atomic E-state index is 12.9. The molecule has 0 saturated heterocycles. The molecule has 0 heterocycles. The van der Waals surface area contributed by atoms with Gasteiger partial charge in [-0.05, 0) is 39.2 Å². The quantitative estimate of drug-likeness (QED) is 0.210. The second-order valence-corrected chi connectivity index (χ2v) is 7.72. The van der Waals surface area contributed by atoms with Crippen molar-refractivity contribution in [1.29, 1.82) is 0 Å². The standard InChI is InChI=1S/C14H21N2O7PS/c1-10(2)22-14(17)11(3)15-24(20,21-9-25-4)23-13-7-5-12(6-8-13)16(18)19/h5-8,10-11H,9H2,1-4H3,(H,15,20). The van der Waals surface area contributed by atoms with E-state index in [2.05, 4.69) is 5.09 Å². The number of nitro groups is 1. The Hall–Kier alpha value is -1.61. The van der Waals surface area contributed by atoms with Crippen LogP contribution in [0.2, 0.25) is 0 Å². The van der Waals surface area contributed by atoms with Crippen LogP contribution in [0.1, 0.15) is 20.8 Å². The van der Waals surface area contributed by atoms with Gasteiger partial charge in [-0.25, -0.2) is 4.57 Å². The lowest BCUT2D eigenvalue weighted by Crippen LogP contribution is -2.36. The number of esters is 1. The van der Waals surface area contributed by atoms with Crippen molar-refractivity contribution in [2.45, 2.75) is 32.9 Å². The molecule has 1 N–H and O–H groups in total. The Morgan fingerprint density at radius 1 is 1.32 bits per heavy atom. The van der Waals surface area contributed by atoms with Crippen LogP contribution in [0.15, 0.2) is 24.3 Å². The third kappa shape index (κ3) is 7.43. The number of benzene rings is 1. The largest absolute Gasteiger partial charge is 0.462 e. The molecule has 0 aliphatic heterocycles. The van der Waals surface area contributed by atoms with Gasteiger partial charge in [0.25, 0.3) is 5.69 Å². The Morgan fingerprint density at radius 3 is 2.40 bits per heavy atom. The SMILES string of the molecule is CSCOP(=O)(NC(C)C(=O)OC(C)C)Oc1ccc([N+](=O)[O-])cc1. The van der Waals surface area contributed by atoms with Gasteiger partial charge in [0.1, 0.15) is 17.7 Å². The van der Waals surface area contributed by atoms with E-state index in [4.69, 9.17) is 13.8 Å². The van der Waals surface area contributed by atoms with E-state index in [0.29, 0.717) is 0 Å². The van der Waals surface area contributed by atoms with Crippen LogP contribution in [0.25, 0.3) is 0 Å². The first-order valence-electron chi connectivity index (χ1n) is 7.32. The third-order valence-electron chi connectivity index (χ3n) is 2.67. The lowest BCUT2D eigenvalue weighted by atomic mass is 10.3. The van der Waals surface area contributed by atoms with Crippen LogP contribution in [0.3, 0.4) is 0 Å². The summed E-state index contributed by atoms with van der Waals surface area (Å²) in [5, 5.41) is 13.2. The van der Waals surface area contributed by atoms with Crippen molar-refractivity contribution in [3.8, 4) is 5.75 Å². The molecule has 0 aliphatic carbocycles. The van der Waals surface area contributed by atoms with Gasteiger partial charge in [-0.2, -0.15) is 5.09 Å². The fourth-order valence-electron chi connectivity index (χ4n) is 1.60. The number of nitrogens with one attached hydrogen (secondary N) is 1. The molecule has 0 aliphatic rings. The van der Waals surface area contributed by atoms with Crippen molar-refractivity contribution < 1.29 is 28.1 Å². The summed E-state index contributed by atoms with van der Waals surface area (Å²) in [6.45, 7) is 4.86. The van der Waals surface area contributed by atoms with Crippen LogP contribution in [0.5, 0.6) is 5.75 Å². The molecule has 0 spiro atoms. The van der Waals surface area contributed by atoms with E-state index < -0.39 is 24.7 Å². The molecule has 0 radical (unpaired) electrons. The van der Waals surface area contributed by atoms with Gasteiger partial charge in [-0.15, -0.1) is 11.8 Å². The first kappa shape index (κ1) is 21.4. The second-order valence-electron chi connectivity index (χ2n) is 5.21.